The standard InChI is InChI=1S/C22H32N2O4/c1-21(2,3)28-20(27)24(12-14-7-6-8-14)13-15-11-17(19(25)26)23-18-16(15)9-10-22(18,4)5/h11,14H,6-10,12-13H2,1-5H3,(H,25,26). The largest absolute Gasteiger partial charge is 0.477 e. The summed E-state index contributed by atoms with van der Waals surface area (Å²) in [6.45, 7) is 10.8. The van der Waals surface area contributed by atoms with Crippen LogP contribution in [0.2, 0.25) is 0 Å². The highest BCUT2D eigenvalue weighted by molar-refractivity contribution is 5.86. The fourth-order valence-corrected chi connectivity index (χ4v) is 3.99. The number of carboxylic acid groups (broad SMARTS) is 1. The van der Waals surface area contributed by atoms with E-state index in [0.29, 0.717) is 19.0 Å². The first-order chi connectivity index (χ1) is 13.0. The van der Waals surface area contributed by atoms with Crippen LogP contribution in [0.3, 0.4) is 0 Å². The number of nitrogens with zero attached hydrogens (tertiary/aromatic N) is 2. The molecule has 0 bridgehead atoms. The molecule has 3 rings (SSSR count). The van der Waals surface area contributed by atoms with Crippen molar-refractivity contribution in [2.24, 2.45) is 5.92 Å². The van der Waals surface area contributed by atoms with E-state index >= 15 is 0 Å². The topological polar surface area (TPSA) is 79.7 Å². The first kappa shape index (κ1) is 20.6. The SMILES string of the molecule is CC(C)(C)OC(=O)N(Cc1cc(C(=O)O)nc2c1CCC2(C)C)CC1CCC1. The summed E-state index contributed by atoms with van der Waals surface area (Å²) in [5, 5.41) is 9.53. The molecule has 0 radical (unpaired) electrons. The fourth-order valence-electron chi connectivity index (χ4n) is 3.99. The van der Waals surface area contributed by atoms with E-state index in [1.54, 1.807) is 11.0 Å². The Morgan fingerprint density at radius 3 is 2.54 bits per heavy atom. The van der Waals surface area contributed by atoms with Gasteiger partial charge in [0.15, 0.2) is 0 Å². The predicted molar refractivity (Wildman–Crippen MR) is 107 cm³/mol. The molecule has 1 heterocycles. The van der Waals surface area contributed by atoms with Gasteiger partial charge >= 0.3 is 12.1 Å². The number of fused-ring (bicyclic) bond motifs is 1. The number of hydrogen-bond acceptors (Lipinski definition) is 4. The third-order valence-corrected chi connectivity index (χ3v) is 5.79. The van der Waals surface area contributed by atoms with E-state index in [1.807, 2.05) is 20.8 Å². The van der Waals surface area contributed by atoms with Crippen LogP contribution in [0.15, 0.2) is 6.07 Å². The molecule has 0 saturated heterocycles. The number of carbonyl (C=O) groups is 2. The molecule has 1 aromatic rings. The summed E-state index contributed by atoms with van der Waals surface area (Å²) in [5.74, 6) is -0.535. The minimum atomic E-state index is -1.03. The molecule has 154 valence electrons. The molecule has 1 saturated carbocycles. The van der Waals surface area contributed by atoms with Gasteiger partial charge in [0.2, 0.25) is 0 Å². The van der Waals surface area contributed by atoms with Crippen LogP contribution in [0.25, 0.3) is 0 Å². The molecule has 28 heavy (non-hydrogen) atoms. The average molecular weight is 389 g/mol. The Bertz CT molecular complexity index is 775. The number of carboxylic acids is 1. The molecule has 1 N–H and O–H groups in total. The van der Waals surface area contributed by atoms with Crippen LogP contribution in [-0.4, -0.2) is 39.2 Å². The van der Waals surface area contributed by atoms with Crippen LogP contribution in [0, 0.1) is 5.92 Å². The zero-order valence-electron chi connectivity index (χ0n) is 17.7. The van der Waals surface area contributed by atoms with Gasteiger partial charge in [0.1, 0.15) is 11.3 Å². The molecule has 0 unspecified atom stereocenters. The van der Waals surface area contributed by atoms with E-state index in [-0.39, 0.29) is 17.2 Å². The number of ether oxygens (including phenoxy) is 1. The van der Waals surface area contributed by atoms with Gasteiger partial charge in [0, 0.05) is 18.5 Å². The van der Waals surface area contributed by atoms with Crippen molar-refractivity contribution < 1.29 is 19.4 Å². The third-order valence-electron chi connectivity index (χ3n) is 5.79. The number of aromatic carboxylic acids is 1. The molecule has 1 amide bonds. The van der Waals surface area contributed by atoms with E-state index in [2.05, 4.69) is 18.8 Å². The van der Waals surface area contributed by atoms with Gasteiger partial charge in [-0.05, 0) is 69.6 Å². The summed E-state index contributed by atoms with van der Waals surface area (Å²) < 4.78 is 5.63. The van der Waals surface area contributed by atoms with Crippen LogP contribution in [-0.2, 0) is 23.1 Å². The highest BCUT2D eigenvalue weighted by Gasteiger charge is 2.35. The van der Waals surface area contributed by atoms with Crippen molar-refractivity contribution in [2.75, 3.05) is 6.54 Å². The van der Waals surface area contributed by atoms with Gasteiger partial charge in [0.25, 0.3) is 0 Å². The molecule has 2 aliphatic rings. The van der Waals surface area contributed by atoms with E-state index in [0.717, 1.165) is 42.5 Å². The normalized spacial score (nSPS) is 18.3. The van der Waals surface area contributed by atoms with E-state index in [9.17, 15) is 14.7 Å². The Morgan fingerprint density at radius 2 is 2.00 bits per heavy atom. The van der Waals surface area contributed by atoms with Gasteiger partial charge in [-0.15, -0.1) is 0 Å². The molecule has 6 heteroatoms. The summed E-state index contributed by atoms with van der Waals surface area (Å²) >= 11 is 0. The Hall–Kier alpha value is -2.11. The average Bonchev–Trinajstić information content (AvgIpc) is 2.83. The number of hydrogen-bond donors (Lipinski definition) is 1. The molecule has 6 nitrogen and oxygen atoms in total. The molecule has 2 aliphatic carbocycles. The van der Waals surface area contributed by atoms with Gasteiger partial charge in [-0.1, -0.05) is 20.3 Å². The third kappa shape index (κ3) is 4.47. The predicted octanol–water partition coefficient (Wildman–Crippen LogP) is 4.54. The molecule has 1 aromatic heterocycles. The number of pyridine rings is 1. The number of aromatic nitrogens is 1. The van der Waals surface area contributed by atoms with Crippen LogP contribution in [0.5, 0.6) is 0 Å². The highest BCUT2D eigenvalue weighted by Crippen LogP contribution is 2.39. The zero-order valence-corrected chi connectivity index (χ0v) is 17.7. The van der Waals surface area contributed by atoms with Crippen molar-refractivity contribution in [3.63, 3.8) is 0 Å². The second-order valence-electron chi connectivity index (χ2n) is 9.84. The summed E-state index contributed by atoms with van der Waals surface area (Å²) in [6, 6.07) is 1.64. The Morgan fingerprint density at radius 1 is 1.32 bits per heavy atom. The monoisotopic (exact) mass is 388 g/mol. The second kappa shape index (κ2) is 7.37. The summed E-state index contributed by atoms with van der Waals surface area (Å²) in [4.78, 5) is 30.7. The molecule has 0 spiro atoms. The lowest BCUT2D eigenvalue weighted by molar-refractivity contribution is 0.0172. The van der Waals surface area contributed by atoms with E-state index in [4.69, 9.17) is 4.74 Å². The van der Waals surface area contributed by atoms with Crippen molar-refractivity contribution in [3.05, 3.63) is 28.6 Å². The Balaban J connectivity index is 1.93. The lowest BCUT2D eigenvalue weighted by Gasteiger charge is -2.34. The lowest BCUT2D eigenvalue weighted by Crippen LogP contribution is -2.40. The first-order valence-electron chi connectivity index (χ1n) is 10.2. The van der Waals surface area contributed by atoms with Crippen LogP contribution < -0.4 is 0 Å². The second-order valence-corrected chi connectivity index (χ2v) is 9.84. The van der Waals surface area contributed by atoms with Gasteiger partial charge in [0.05, 0.1) is 5.69 Å². The van der Waals surface area contributed by atoms with Gasteiger partial charge < -0.3 is 14.7 Å². The smallest absolute Gasteiger partial charge is 0.410 e. The Labute approximate surface area is 167 Å². The molecule has 0 aliphatic heterocycles. The molecule has 1 fully saturated rings. The van der Waals surface area contributed by atoms with Crippen LogP contribution >= 0.6 is 0 Å². The van der Waals surface area contributed by atoms with E-state index in [1.165, 1.54) is 6.42 Å². The van der Waals surface area contributed by atoms with Crippen LogP contribution in [0.4, 0.5) is 4.79 Å². The van der Waals surface area contributed by atoms with Crippen molar-refractivity contribution in [1.29, 1.82) is 0 Å². The van der Waals surface area contributed by atoms with Gasteiger partial charge in [-0.2, -0.15) is 0 Å². The molecule has 0 atom stereocenters. The number of carbonyl (C=O) groups excluding carboxylic acids is 1. The van der Waals surface area contributed by atoms with Crippen LogP contribution in [0.1, 0.15) is 87.6 Å². The maximum absolute atomic E-state index is 12.9. The number of amides is 1. The molecular weight excluding hydrogens is 356 g/mol. The molecular formula is C22H32N2O4. The summed E-state index contributed by atoms with van der Waals surface area (Å²) in [6.07, 6.45) is 4.91. The summed E-state index contributed by atoms with van der Waals surface area (Å²) in [7, 11) is 0. The fraction of sp³-hybridized carbons (Fsp3) is 0.682. The maximum Gasteiger partial charge on any atom is 0.410 e. The molecule has 0 aromatic carbocycles. The van der Waals surface area contributed by atoms with Gasteiger partial charge in [-0.3, -0.25) is 0 Å². The van der Waals surface area contributed by atoms with Crippen molar-refractivity contribution in [2.45, 2.75) is 84.3 Å². The number of rotatable bonds is 5. The minimum absolute atomic E-state index is 0.0523. The zero-order chi connectivity index (χ0) is 20.7. The highest BCUT2D eigenvalue weighted by atomic mass is 16.6. The van der Waals surface area contributed by atoms with E-state index < -0.39 is 11.6 Å². The summed E-state index contributed by atoms with van der Waals surface area (Å²) in [5.41, 5.74) is 2.17. The maximum atomic E-state index is 12.9. The van der Waals surface area contributed by atoms with Gasteiger partial charge in [-0.25, -0.2) is 14.6 Å². The minimum Gasteiger partial charge on any atom is -0.477 e. The lowest BCUT2D eigenvalue weighted by atomic mass is 9.85. The first-order valence-corrected chi connectivity index (χ1v) is 10.2. The van der Waals surface area contributed by atoms with Crippen molar-refractivity contribution in [3.8, 4) is 0 Å². The van der Waals surface area contributed by atoms with Crippen molar-refractivity contribution in [1.82, 2.24) is 9.88 Å². The van der Waals surface area contributed by atoms with Crippen molar-refractivity contribution >= 4 is 12.1 Å². The quantitative estimate of drug-likeness (QED) is 0.801. The Kier molecular flexibility index (Phi) is 5.43.